The first-order chi connectivity index (χ1) is 20.1. The molecule has 0 unspecified atom stereocenters. The van der Waals surface area contributed by atoms with Crippen molar-refractivity contribution in [2.45, 2.75) is 44.9 Å². The summed E-state index contributed by atoms with van der Waals surface area (Å²) in [5, 5.41) is 1.13. The molecule has 1 aliphatic heterocycles. The van der Waals surface area contributed by atoms with E-state index < -0.39 is 0 Å². The average molecular weight is 586 g/mol. The van der Waals surface area contributed by atoms with E-state index in [4.69, 9.17) is 4.74 Å². The molecule has 0 spiro atoms. The molecule has 0 bridgehead atoms. The minimum absolute atomic E-state index is 0. The van der Waals surface area contributed by atoms with Gasteiger partial charge >= 0.3 is 11.8 Å². The number of aromatic amines is 1. The second-order valence-electron chi connectivity index (χ2n) is 10.8. The number of fused-ring (bicyclic) bond motifs is 2. The Morgan fingerprint density at radius 2 is 1.69 bits per heavy atom. The summed E-state index contributed by atoms with van der Waals surface area (Å²) in [5.74, 6) is 0. The number of aromatic nitrogens is 3. The largest absolute Gasteiger partial charge is 0.448 e. The van der Waals surface area contributed by atoms with Crippen LogP contribution in [0.15, 0.2) is 95.9 Å². The van der Waals surface area contributed by atoms with E-state index in [2.05, 4.69) is 46.1 Å². The fourth-order valence-electron chi connectivity index (χ4n) is 5.83. The fraction of sp³-hybridized carbons (Fsp3) is 0.303. The van der Waals surface area contributed by atoms with E-state index in [0.29, 0.717) is 32.5 Å². The van der Waals surface area contributed by atoms with Gasteiger partial charge in [-0.3, -0.25) is 14.5 Å². The van der Waals surface area contributed by atoms with Gasteiger partial charge in [0.1, 0.15) is 6.61 Å². The highest BCUT2D eigenvalue weighted by Gasteiger charge is 2.27. The maximum atomic E-state index is 13.1. The molecule has 42 heavy (non-hydrogen) atoms. The third-order valence-electron chi connectivity index (χ3n) is 8.12. The molecule has 1 saturated heterocycles. The Bertz CT molecular complexity index is 1690. The van der Waals surface area contributed by atoms with E-state index in [1.807, 2.05) is 71.4 Å². The summed E-state index contributed by atoms with van der Waals surface area (Å²) in [6.07, 6.45) is 2.98. The Balaban J connectivity index is 0.00000353. The summed E-state index contributed by atoms with van der Waals surface area (Å²) >= 11 is 0. The lowest BCUT2D eigenvalue weighted by atomic mass is 10.0. The van der Waals surface area contributed by atoms with Gasteiger partial charge in [-0.25, -0.2) is 9.59 Å². The normalized spacial score (nSPS) is 14.7. The SMILES string of the molecule is C[C@@H](COC(=O)N1CCC(n2c(=O)[nH]c3ccccc32)CC1)N(Cc1ccccc1)Cc1ccnc2ccccc12.Cl. The van der Waals surface area contributed by atoms with Gasteiger partial charge in [0.2, 0.25) is 0 Å². The van der Waals surface area contributed by atoms with Crippen molar-refractivity contribution in [2.75, 3.05) is 19.7 Å². The van der Waals surface area contributed by atoms with Crippen molar-refractivity contribution in [3.63, 3.8) is 0 Å². The number of carbonyl (C=O) groups is 1. The van der Waals surface area contributed by atoms with Crippen LogP contribution in [0.25, 0.3) is 21.9 Å². The first-order valence-corrected chi connectivity index (χ1v) is 14.3. The monoisotopic (exact) mass is 585 g/mol. The van der Waals surface area contributed by atoms with Gasteiger partial charge in [-0.1, -0.05) is 60.7 Å². The number of nitrogens with zero attached hydrogens (tertiary/aromatic N) is 4. The van der Waals surface area contributed by atoms with Crippen LogP contribution in [-0.2, 0) is 17.8 Å². The van der Waals surface area contributed by atoms with Gasteiger partial charge in [-0.15, -0.1) is 12.4 Å². The van der Waals surface area contributed by atoms with Crippen molar-refractivity contribution in [3.05, 3.63) is 113 Å². The van der Waals surface area contributed by atoms with E-state index in [1.165, 1.54) is 11.1 Å². The molecular weight excluding hydrogens is 550 g/mol. The number of benzene rings is 3. The van der Waals surface area contributed by atoms with Crippen molar-refractivity contribution in [3.8, 4) is 0 Å². The molecule has 3 heterocycles. The second kappa shape index (κ2) is 13.2. The minimum Gasteiger partial charge on any atom is -0.448 e. The van der Waals surface area contributed by atoms with Gasteiger partial charge in [0.15, 0.2) is 0 Å². The number of para-hydroxylation sites is 3. The summed E-state index contributed by atoms with van der Waals surface area (Å²) in [4.78, 5) is 37.3. The molecule has 3 aromatic carbocycles. The number of amides is 1. The summed E-state index contributed by atoms with van der Waals surface area (Å²) in [6.45, 7) is 4.95. The molecule has 1 N–H and O–H groups in total. The van der Waals surface area contributed by atoms with E-state index in [1.54, 1.807) is 4.90 Å². The van der Waals surface area contributed by atoms with Gasteiger partial charge in [-0.2, -0.15) is 0 Å². The van der Waals surface area contributed by atoms with Crippen molar-refractivity contribution in [1.29, 1.82) is 0 Å². The lowest BCUT2D eigenvalue weighted by Gasteiger charge is -2.33. The topological polar surface area (TPSA) is 83.5 Å². The van der Waals surface area contributed by atoms with Gasteiger partial charge in [-0.05, 0) is 55.2 Å². The van der Waals surface area contributed by atoms with E-state index in [-0.39, 0.29) is 42.9 Å². The Hall–Kier alpha value is -4.14. The smallest absolute Gasteiger partial charge is 0.409 e. The molecule has 0 radical (unpaired) electrons. The van der Waals surface area contributed by atoms with Crippen LogP contribution in [0.3, 0.4) is 0 Å². The standard InChI is InChI=1S/C33H35N5O3.ClH/c1-24(37(21-25-9-3-2-4-10-25)22-26-15-18-34-29-12-6-5-11-28(26)29)23-41-33(40)36-19-16-27(17-20-36)38-31-14-8-7-13-30(31)35-32(38)39;/h2-15,18,24,27H,16-17,19-23H2,1H3,(H,35,39);1H/t24-;/m0./s1. The summed E-state index contributed by atoms with van der Waals surface area (Å²) in [6, 6.07) is 28.4. The van der Waals surface area contributed by atoms with Crippen LogP contribution in [0.4, 0.5) is 4.79 Å². The molecule has 2 aromatic heterocycles. The van der Waals surface area contributed by atoms with E-state index in [0.717, 1.165) is 28.5 Å². The zero-order valence-electron chi connectivity index (χ0n) is 23.7. The highest BCUT2D eigenvalue weighted by Crippen LogP contribution is 2.26. The van der Waals surface area contributed by atoms with Crippen LogP contribution in [-0.4, -0.2) is 56.2 Å². The molecular formula is C33H36ClN5O3. The third-order valence-corrected chi connectivity index (χ3v) is 8.12. The maximum absolute atomic E-state index is 13.1. The van der Waals surface area contributed by atoms with Crippen LogP contribution < -0.4 is 5.69 Å². The first-order valence-electron chi connectivity index (χ1n) is 14.3. The molecule has 218 valence electrons. The Morgan fingerprint density at radius 1 is 0.976 bits per heavy atom. The third kappa shape index (κ3) is 6.35. The number of nitrogens with one attached hydrogen (secondary N) is 1. The van der Waals surface area contributed by atoms with Crippen molar-refractivity contribution >= 4 is 40.4 Å². The number of likely N-dealkylation sites (tertiary alicyclic amines) is 1. The number of hydrogen-bond donors (Lipinski definition) is 1. The number of ether oxygens (including phenoxy) is 1. The molecule has 5 aromatic rings. The number of rotatable bonds is 8. The second-order valence-corrected chi connectivity index (χ2v) is 10.8. The predicted molar refractivity (Wildman–Crippen MR) is 168 cm³/mol. The minimum atomic E-state index is -0.296. The molecule has 1 aliphatic rings. The average Bonchev–Trinajstić information content (AvgIpc) is 3.35. The Kier molecular flexibility index (Phi) is 9.25. The molecule has 1 amide bonds. The number of hydrogen-bond acceptors (Lipinski definition) is 5. The fourth-order valence-corrected chi connectivity index (χ4v) is 5.83. The number of pyridine rings is 1. The first kappa shape index (κ1) is 29.4. The van der Waals surface area contributed by atoms with Crippen LogP contribution in [0.1, 0.15) is 36.9 Å². The quantitative estimate of drug-likeness (QED) is 0.236. The van der Waals surface area contributed by atoms with Crippen molar-refractivity contribution < 1.29 is 9.53 Å². The predicted octanol–water partition coefficient (Wildman–Crippen LogP) is 6.16. The number of H-pyrrole nitrogens is 1. The number of imidazole rings is 1. The maximum Gasteiger partial charge on any atom is 0.409 e. The summed E-state index contributed by atoms with van der Waals surface area (Å²) < 4.78 is 7.70. The van der Waals surface area contributed by atoms with E-state index >= 15 is 0 Å². The van der Waals surface area contributed by atoms with Crippen LogP contribution >= 0.6 is 12.4 Å². The zero-order chi connectivity index (χ0) is 28.2. The number of carbonyl (C=O) groups excluding carboxylic acids is 1. The van der Waals surface area contributed by atoms with Crippen molar-refractivity contribution in [2.24, 2.45) is 0 Å². The lowest BCUT2D eigenvalue weighted by molar-refractivity contribution is 0.0568. The lowest BCUT2D eigenvalue weighted by Crippen LogP contribution is -2.42. The molecule has 6 rings (SSSR count). The van der Waals surface area contributed by atoms with Crippen LogP contribution in [0, 0.1) is 0 Å². The highest BCUT2D eigenvalue weighted by molar-refractivity contribution is 5.85. The van der Waals surface area contributed by atoms with E-state index in [9.17, 15) is 9.59 Å². The number of piperidine rings is 1. The molecule has 1 atom stereocenters. The van der Waals surface area contributed by atoms with Crippen molar-refractivity contribution in [1.82, 2.24) is 24.3 Å². The molecule has 1 fully saturated rings. The van der Waals surface area contributed by atoms with Gasteiger partial charge in [0, 0.05) is 49.8 Å². The Labute approximate surface area is 251 Å². The molecule has 0 aliphatic carbocycles. The highest BCUT2D eigenvalue weighted by atomic mass is 35.5. The number of halogens is 1. The van der Waals surface area contributed by atoms with Gasteiger partial charge in [0.05, 0.1) is 16.6 Å². The molecule has 9 heteroatoms. The van der Waals surface area contributed by atoms with Crippen LogP contribution in [0.5, 0.6) is 0 Å². The van der Waals surface area contributed by atoms with Crippen LogP contribution in [0.2, 0.25) is 0 Å². The zero-order valence-corrected chi connectivity index (χ0v) is 24.5. The Morgan fingerprint density at radius 3 is 2.50 bits per heavy atom. The van der Waals surface area contributed by atoms with Gasteiger partial charge in [0.25, 0.3) is 0 Å². The molecule has 0 saturated carbocycles. The van der Waals surface area contributed by atoms with Gasteiger partial charge < -0.3 is 14.6 Å². The summed E-state index contributed by atoms with van der Waals surface area (Å²) in [5.41, 5.74) is 5.03. The molecule has 8 nitrogen and oxygen atoms in total. The summed E-state index contributed by atoms with van der Waals surface area (Å²) in [7, 11) is 0.